The molecule has 0 spiro atoms. The molecule has 1 aromatic heterocycles. The highest BCUT2D eigenvalue weighted by Crippen LogP contribution is 2.38. The number of carbonyl (C=O) groups excluding carboxylic acids is 2. The van der Waals surface area contributed by atoms with Gasteiger partial charge in [-0.1, -0.05) is 84.6 Å². The molecule has 3 aliphatic rings. The molecule has 1 N–H and O–H groups in total. The van der Waals surface area contributed by atoms with Crippen LogP contribution in [-0.4, -0.2) is 66.0 Å². The Kier molecular flexibility index (Phi) is 13.3. The van der Waals surface area contributed by atoms with Gasteiger partial charge in [-0.25, -0.2) is 4.79 Å². The summed E-state index contributed by atoms with van der Waals surface area (Å²) in [5.41, 5.74) is 10.7. The maximum atomic E-state index is 14.5. The number of esters is 1. The van der Waals surface area contributed by atoms with Crippen LogP contribution in [0.15, 0.2) is 91.1 Å². The summed E-state index contributed by atoms with van der Waals surface area (Å²) >= 11 is 12.3. The molecule has 1 fully saturated rings. The zero-order valence-corrected chi connectivity index (χ0v) is 36.9. The lowest BCUT2D eigenvalue weighted by atomic mass is 9.90. The van der Waals surface area contributed by atoms with Crippen LogP contribution in [0.1, 0.15) is 76.4 Å². The third-order valence-electron chi connectivity index (χ3n) is 12.7. The van der Waals surface area contributed by atoms with Crippen LogP contribution in [0, 0.1) is 19.8 Å². The molecule has 2 aliphatic heterocycles. The predicted molar refractivity (Wildman–Crippen MR) is 240 cm³/mol. The molecule has 5 aromatic rings. The monoisotopic (exact) mass is 860 g/mol. The van der Waals surface area contributed by atoms with E-state index in [1.165, 1.54) is 25.5 Å². The van der Waals surface area contributed by atoms with Gasteiger partial charge in [-0.2, -0.15) is 0 Å². The summed E-state index contributed by atoms with van der Waals surface area (Å²) in [6.07, 6.45) is 7.28. The van der Waals surface area contributed by atoms with Gasteiger partial charge in [-0.15, -0.1) is 0 Å². The highest BCUT2D eigenvalue weighted by molar-refractivity contribution is 6.42. The standard InChI is InChI=1S/C50H54Cl2N4O5/c1-31-32(2)53-20-19-42(31)36-12-9-33(10-13-36)22-45(50(58)59-4)54-49(57)46-24-38-23-40-27-55(3)29-48(61-47(40)25-39(38)28-56(46)26-34-7-5-6-8-34)37-14-16-41(17-15-37)60-30-35-11-18-43(51)44(52)21-35/h9-21,23,25,34,45-46,48H,5-8,22,24,26-30H2,1-4H3,(H,54,57)/t45-,46-,48+/m0/s1. The molecule has 9 nitrogen and oxygen atoms in total. The van der Waals surface area contributed by atoms with Gasteiger partial charge in [0.1, 0.15) is 30.3 Å². The summed E-state index contributed by atoms with van der Waals surface area (Å²) in [6, 6.07) is 27.0. The third-order valence-corrected chi connectivity index (χ3v) is 13.4. The number of nitrogens with zero attached hydrogens (tertiary/aromatic N) is 3. The van der Waals surface area contributed by atoms with Gasteiger partial charge in [0.2, 0.25) is 5.91 Å². The minimum Gasteiger partial charge on any atom is -0.489 e. The molecule has 61 heavy (non-hydrogen) atoms. The van der Waals surface area contributed by atoms with E-state index in [4.69, 9.17) is 37.4 Å². The fraction of sp³-hybridized carbons (Fsp3) is 0.380. The van der Waals surface area contributed by atoms with Crippen LogP contribution in [0.4, 0.5) is 0 Å². The Morgan fingerprint density at radius 1 is 0.885 bits per heavy atom. The fourth-order valence-electron chi connectivity index (χ4n) is 9.12. The Bertz CT molecular complexity index is 2370. The van der Waals surface area contributed by atoms with Crippen molar-refractivity contribution in [2.45, 2.75) is 90.3 Å². The molecule has 4 aromatic carbocycles. The van der Waals surface area contributed by atoms with E-state index >= 15 is 0 Å². The summed E-state index contributed by atoms with van der Waals surface area (Å²) < 4.78 is 18.1. The molecule has 0 unspecified atom stereocenters. The number of hydrogen-bond acceptors (Lipinski definition) is 8. The largest absolute Gasteiger partial charge is 0.489 e. The van der Waals surface area contributed by atoms with E-state index in [9.17, 15) is 9.59 Å². The molecule has 1 saturated carbocycles. The number of amides is 1. The lowest BCUT2D eigenvalue weighted by Gasteiger charge is -2.38. The molecule has 8 rings (SSSR count). The van der Waals surface area contributed by atoms with Crippen molar-refractivity contribution in [2.75, 3.05) is 27.2 Å². The van der Waals surface area contributed by atoms with Crippen molar-refractivity contribution in [3.63, 3.8) is 0 Å². The van der Waals surface area contributed by atoms with Gasteiger partial charge < -0.3 is 19.5 Å². The number of likely N-dealkylation sites (N-methyl/N-ethyl adjacent to an activating group) is 1. The topological polar surface area (TPSA) is 93.2 Å². The average Bonchev–Trinajstić information content (AvgIpc) is 3.72. The number of aromatic nitrogens is 1. The van der Waals surface area contributed by atoms with Crippen molar-refractivity contribution in [1.82, 2.24) is 20.1 Å². The molecule has 1 aliphatic carbocycles. The zero-order chi connectivity index (χ0) is 42.6. The molecular weight excluding hydrogens is 807 g/mol. The van der Waals surface area contributed by atoms with Crippen molar-refractivity contribution in [3.8, 4) is 22.6 Å². The maximum Gasteiger partial charge on any atom is 0.328 e. The number of halogens is 2. The number of fused-ring (bicyclic) bond motifs is 2. The van der Waals surface area contributed by atoms with E-state index in [-0.39, 0.29) is 12.0 Å². The number of hydrogen-bond donors (Lipinski definition) is 1. The first-order valence-corrected chi connectivity index (χ1v) is 22.1. The van der Waals surface area contributed by atoms with E-state index in [1.54, 1.807) is 6.07 Å². The minimum atomic E-state index is -0.822. The van der Waals surface area contributed by atoms with Crippen molar-refractivity contribution < 1.29 is 23.8 Å². The molecule has 1 amide bonds. The number of benzene rings is 4. The van der Waals surface area contributed by atoms with Crippen LogP contribution >= 0.6 is 23.2 Å². The van der Waals surface area contributed by atoms with E-state index in [0.717, 1.165) is 87.6 Å². The Labute approximate surface area is 369 Å². The maximum absolute atomic E-state index is 14.5. The van der Waals surface area contributed by atoms with Crippen molar-refractivity contribution >= 4 is 35.1 Å². The summed E-state index contributed by atoms with van der Waals surface area (Å²) in [5, 5.41) is 4.17. The summed E-state index contributed by atoms with van der Waals surface area (Å²) in [5.74, 6) is 1.56. The van der Waals surface area contributed by atoms with Crippen molar-refractivity contribution in [1.29, 1.82) is 0 Å². The van der Waals surface area contributed by atoms with E-state index < -0.39 is 18.1 Å². The van der Waals surface area contributed by atoms with Gasteiger partial charge in [-0.05, 0) is 127 Å². The molecule has 0 saturated heterocycles. The van der Waals surface area contributed by atoms with Crippen LogP contribution in [0.25, 0.3) is 11.1 Å². The molecule has 11 heteroatoms. The Morgan fingerprint density at radius 2 is 1.64 bits per heavy atom. The molecular formula is C50H54Cl2N4O5. The molecule has 318 valence electrons. The highest BCUT2D eigenvalue weighted by atomic mass is 35.5. The first-order chi connectivity index (χ1) is 29.5. The number of nitrogens with one attached hydrogen (secondary N) is 1. The quantitative estimate of drug-likeness (QED) is 0.124. The second kappa shape index (κ2) is 19.0. The highest BCUT2D eigenvalue weighted by Gasteiger charge is 2.37. The summed E-state index contributed by atoms with van der Waals surface area (Å²) in [4.78, 5) is 36.7. The van der Waals surface area contributed by atoms with Crippen LogP contribution in [0.2, 0.25) is 10.0 Å². The SMILES string of the molecule is COC(=O)[C@H](Cc1ccc(-c2ccnc(C)c2C)cc1)NC(=O)[C@@H]1Cc2cc3c(cc2CN1CC1CCCC1)O[C@@H](c1ccc(OCc2ccc(Cl)c(Cl)c2)cc1)CN(C)C3. The fourth-order valence-corrected chi connectivity index (χ4v) is 9.44. The van der Waals surface area contributed by atoms with Gasteiger partial charge in [0.25, 0.3) is 0 Å². The van der Waals surface area contributed by atoms with Gasteiger partial charge in [0.05, 0.1) is 23.2 Å². The Morgan fingerprint density at radius 3 is 2.38 bits per heavy atom. The van der Waals surface area contributed by atoms with E-state index in [2.05, 4.69) is 70.5 Å². The first-order valence-electron chi connectivity index (χ1n) is 21.3. The Hall–Kier alpha value is -4.93. The molecule has 0 bridgehead atoms. The zero-order valence-electron chi connectivity index (χ0n) is 35.4. The smallest absolute Gasteiger partial charge is 0.328 e. The van der Waals surface area contributed by atoms with E-state index in [0.29, 0.717) is 48.5 Å². The second-order valence-electron chi connectivity index (χ2n) is 17.0. The summed E-state index contributed by atoms with van der Waals surface area (Å²) in [7, 11) is 3.49. The molecule has 3 atom stereocenters. The van der Waals surface area contributed by atoms with Crippen LogP contribution in [0.3, 0.4) is 0 Å². The first kappa shape index (κ1) is 42.7. The number of methoxy groups -OCH3 is 1. The number of pyridine rings is 1. The minimum absolute atomic E-state index is 0.147. The van der Waals surface area contributed by atoms with Crippen molar-refractivity contribution in [2.24, 2.45) is 5.92 Å². The molecule has 3 heterocycles. The molecule has 0 radical (unpaired) electrons. The summed E-state index contributed by atoms with van der Waals surface area (Å²) in [6.45, 7) is 7.36. The lowest BCUT2D eigenvalue weighted by molar-refractivity contribution is -0.145. The Balaban J connectivity index is 0.983. The predicted octanol–water partition coefficient (Wildman–Crippen LogP) is 9.63. The van der Waals surface area contributed by atoms with Gasteiger partial charge in [0.15, 0.2) is 0 Å². The van der Waals surface area contributed by atoms with Crippen molar-refractivity contribution in [3.05, 3.63) is 146 Å². The lowest BCUT2D eigenvalue weighted by Crippen LogP contribution is -2.55. The van der Waals surface area contributed by atoms with Crippen LogP contribution < -0.4 is 14.8 Å². The number of ether oxygens (including phenoxy) is 3. The number of aryl methyl sites for hydroxylation is 1. The van der Waals surface area contributed by atoms with Crippen LogP contribution in [-0.2, 0) is 46.9 Å². The normalized spacial score (nSPS) is 18.7. The van der Waals surface area contributed by atoms with Gasteiger partial charge in [-0.3, -0.25) is 19.6 Å². The number of carbonyl (C=O) groups is 2. The van der Waals surface area contributed by atoms with Gasteiger partial charge in [0, 0.05) is 50.1 Å². The van der Waals surface area contributed by atoms with Gasteiger partial charge >= 0.3 is 5.97 Å². The van der Waals surface area contributed by atoms with E-state index in [1.807, 2.05) is 55.6 Å². The number of rotatable bonds is 12. The van der Waals surface area contributed by atoms with Crippen LogP contribution in [0.5, 0.6) is 11.5 Å². The third kappa shape index (κ3) is 10.1. The second-order valence-corrected chi connectivity index (χ2v) is 17.8. The average molecular weight is 862 g/mol.